The number of nitrogens with zero attached hydrogens (tertiary/aromatic N) is 1. The lowest BCUT2D eigenvalue weighted by atomic mass is 10.2. The van der Waals surface area contributed by atoms with Crippen LogP contribution in [0.15, 0.2) is 24.3 Å². The van der Waals surface area contributed by atoms with E-state index in [2.05, 4.69) is 10.6 Å². The highest BCUT2D eigenvalue weighted by molar-refractivity contribution is 6.02. The molecule has 11 heteroatoms. The number of nitrogens with two attached hydrogens (primary N) is 1. The van der Waals surface area contributed by atoms with E-state index in [4.69, 9.17) is 26.2 Å². The Hall–Kier alpha value is -3.63. The molecule has 2 rings (SSSR count). The van der Waals surface area contributed by atoms with Gasteiger partial charge in [-0.2, -0.15) is 0 Å². The predicted molar refractivity (Wildman–Crippen MR) is 100 cm³/mol. The number of nitrogens with one attached hydrogen (secondary N) is 3. The molecule has 1 heterocycles. The molecule has 1 aromatic carbocycles. The number of carboxylic acid groups (broad SMARTS) is 2. The van der Waals surface area contributed by atoms with Crippen LogP contribution in [0.1, 0.15) is 25.3 Å². The number of hydrogen-bond acceptors (Lipinski definition) is 5. The number of nitrogen functional groups attached to an aromatic ring is 1. The Morgan fingerprint density at radius 2 is 1.82 bits per heavy atom. The third-order valence-corrected chi connectivity index (χ3v) is 3.63. The Morgan fingerprint density at radius 1 is 1.25 bits per heavy atom. The smallest absolute Gasteiger partial charge is 0.315 e. The first-order valence-electron chi connectivity index (χ1n) is 8.33. The van der Waals surface area contributed by atoms with E-state index in [1.165, 1.54) is 0 Å². The summed E-state index contributed by atoms with van der Waals surface area (Å²) in [5.74, 6) is -2.13. The molecule has 1 aromatic rings. The zero-order chi connectivity index (χ0) is 21.3. The van der Waals surface area contributed by atoms with E-state index < -0.39 is 24.0 Å². The lowest BCUT2D eigenvalue weighted by Crippen LogP contribution is -2.46. The van der Waals surface area contributed by atoms with E-state index in [-0.39, 0.29) is 24.7 Å². The number of carbonyl (C=O) groups is 4. The Balaban J connectivity index is 0.000000892. The van der Waals surface area contributed by atoms with Crippen molar-refractivity contribution in [3.05, 3.63) is 29.8 Å². The van der Waals surface area contributed by atoms with Crippen molar-refractivity contribution in [2.24, 2.45) is 5.73 Å². The fraction of sp³-hybridized carbons (Fsp3) is 0.353. The summed E-state index contributed by atoms with van der Waals surface area (Å²) in [5.41, 5.74) is 6.63. The lowest BCUT2D eigenvalue weighted by molar-refractivity contribution is -0.137. The van der Waals surface area contributed by atoms with Gasteiger partial charge in [0.2, 0.25) is 5.91 Å². The molecule has 1 saturated heterocycles. The highest BCUT2D eigenvalue weighted by Gasteiger charge is 2.33. The van der Waals surface area contributed by atoms with Crippen molar-refractivity contribution in [3.63, 3.8) is 0 Å². The number of amidine groups is 1. The molecule has 1 fully saturated rings. The Kier molecular flexibility index (Phi) is 8.41. The number of aliphatic carboxylic acids is 2. The summed E-state index contributed by atoms with van der Waals surface area (Å²) in [6.07, 6.45) is 0.278. The molecule has 1 unspecified atom stereocenters. The Labute approximate surface area is 161 Å². The summed E-state index contributed by atoms with van der Waals surface area (Å²) >= 11 is 0. The fourth-order valence-corrected chi connectivity index (χ4v) is 2.38. The normalized spacial score (nSPS) is 15.2. The van der Waals surface area contributed by atoms with Gasteiger partial charge in [0.05, 0.1) is 6.42 Å². The second-order valence-corrected chi connectivity index (χ2v) is 5.85. The Morgan fingerprint density at radius 3 is 2.32 bits per heavy atom. The molecule has 0 aromatic heterocycles. The molecule has 0 aliphatic carbocycles. The minimum Gasteiger partial charge on any atom is -0.481 e. The lowest BCUT2D eigenvalue weighted by Gasteiger charge is -2.17. The number of benzene rings is 1. The van der Waals surface area contributed by atoms with E-state index in [9.17, 15) is 14.4 Å². The summed E-state index contributed by atoms with van der Waals surface area (Å²) in [6.45, 7) is 1.54. The van der Waals surface area contributed by atoms with Crippen LogP contribution in [0.2, 0.25) is 0 Å². The molecule has 0 radical (unpaired) electrons. The number of rotatable bonds is 6. The molecule has 7 N–H and O–H groups in total. The van der Waals surface area contributed by atoms with E-state index in [0.717, 1.165) is 6.92 Å². The number of carbonyl (C=O) groups excluding carboxylic acids is 2. The van der Waals surface area contributed by atoms with Gasteiger partial charge in [0, 0.05) is 31.3 Å². The molecule has 1 atom stereocenters. The second-order valence-electron chi connectivity index (χ2n) is 5.85. The monoisotopic (exact) mass is 393 g/mol. The zero-order valence-electron chi connectivity index (χ0n) is 15.3. The van der Waals surface area contributed by atoms with E-state index in [1.807, 2.05) is 0 Å². The first kappa shape index (κ1) is 22.4. The van der Waals surface area contributed by atoms with Crippen LogP contribution in [0.25, 0.3) is 0 Å². The van der Waals surface area contributed by atoms with Crippen LogP contribution in [0.5, 0.6) is 0 Å². The maximum atomic E-state index is 12.4. The van der Waals surface area contributed by atoms with Gasteiger partial charge in [-0.25, -0.2) is 4.79 Å². The molecule has 11 nitrogen and oxygen atoms in total. The SMILES string of the molecule is CC(=O)O.N=C(N)c1ccc(N2CCC(NC(=O)NCCC(=O)O)C2=O)cc1. The minimum absolute atomic E-state index is 0.00169. The third-order valence-electron chi connectivity index (χ3n) is 3.63. The van der Waals surface area contributed by atoms with Gasteiger partial charge in [-0.15, -0.1) is 0 Å². The van der Waals surface area contributed by atoms with Crippen molar-refractivity contribution in [2.75, 3.05) is 18.0 Å². The molecule has 0 spiro atoms. The second kappa shape index (κ2) is 10.5. The third kappa shape index (κ3) is 7.32. The molecule has 1 aliphatic rings. The number of amides is 3. The van der Waals surface area contributed by atoms with E-state index in [0.29, 0.717) is 24.2 Å². The molecular weight excluding hydrogens is 370 g/mol. The van der Waals surface area contributed by atoms with Crippen molar-refractivity contribution in [1.82, 2.24) is 10.6 Å². The summed E-state index contributed by atoms with van der Waals surface area (Å²) in [6, 6.07) is 5.49. The van der Waals surface area contributed by atoms with Gasteiger partial charge in [-0.1, -0.05) is 0 Å². The molecule has 0 bridgehead atoms. The van der Waals surface area contributed by atoms with Crippen molar-refractivity contribution in [3.8, 4) is 0 Å². The number of carboxylic acids is 2. The van der Waals surface area contributed by atoms with Crippen molar-refractivity contribution >= 4 is 35.4 Å². The molecular formula is C17H23N5O6. The largest absolute Gasteiger partial charge is 0.481 e. The van der Waals surface area contributed by atoms with Gasteiger partial charge in [0.25, 0.3) is 5.97 Å². The first-order valence-corrected chi connectivity index (χ1v) is 8.33. The molecule has 3 amide bonds. The average molecular weight is 393 g/mol. The van der Waals surface area contributed by atoms with Crippen LogP contribution >= 0.6 is 0 Å². The van der Waals surface area contributed by atoms with E-state index in [1.54, 1.807) is 29.2 Å². The van der Waals surface area contributed by atoms with Crippen LogP contribution in [-0.2, 0) is 14.4 Å². The highest BCUT2D eigenvalue weighted by atomic mass is 16.4. The zero-order valence-corrected chi connectivity index (χ0v) is 15.3. The van der Waals surface area contributed by atoms with Gasteiger partial charge in [0.15, 0.2) is 0 Å². The van der Waals surface area contributed by atoms with Crippen LogP contribution in [0.3, 0.4) is 0 Å². The van der Waals surface area contributed by atoms with Gasteiger partial charge < -0.3 is 31.5 Å². The quantitative estimate of drug-likeness (QED) is 0.288. The minimum atomic E-state index is -1.01. The number of urea groups is 1. The summed E-state index contributed by atoms with van der Waals surface area (Å²) < 4.78 is 0. The predicted octanol–water partition coefficient (Wildman–Crippen LogP) is -0.0592. The van der Waals surface area contributed by atoms with Crippen molar-refractivity contribution < 1.29 is 29.4 Å². The Bertz CT molecular complexity index is 745. The molecule has 152 valence electrons. The van der Waals surface area contributed by atoms with Crippen molar-refractivity contribution in [1.29, 1.82) is 5.41 Å². The highest BCUT2D eigenvalue weighted by Crippen LogP contribution is 2.22. The van der Waals surface area contributed by atoms with Gasteiger partial charge in [-0.05, 0) is 30.7 Å². The molecule has 28 heavy (non-hydrogen) atoms. The van der Waals surface area contributed by atoms with Crippen LogP contribution in [-0.4, -0.2) is 59.1 Å². The summed E-state index contributed by atoms with van der Waals surface area (Å²) in [4.78, 5) is 45.0. The average Bonchev–Trinajstić information content (AvgIpc) is 2.94. The maximum absolute atomic E-state index is 12.4. The van der Waals surface area contributed by atoms with Crippen molar-refractivity contribution in [2.45, 2.75) is 25.8 Å². The first-order chi connectivity index (χ1) is 13.1. The number of hydrogen-bond donors (Lipinski definition) is 6. The van der Waals surface area contributed by atoms with Gasteiger partial charge >= 0.3 is 12.0 Å². The summed E-state index contributed by atoms with van der Waals surface area (Å²) in [5, 5.41) is 28.2. The van der Waals surface area contributed by atoms with Gasteiger partial charge in [-0.3, -0.25) is 19.8 Å². The van der Waals surface area contributed by atoms with E-state index >= 15 is 0 Å². The molecule has 0 saturated carbocycles. The van der Waals surface area contributed by atoms with Crippen LogP contribution in [0, 0.1) is 5.41 Å². The molecule has 1 aliphatic heterocycles. The standard InChI is InChI=1S/C15H19N5O4.C2H4O2/c16-13(17)9-1-3-10(4-2-9)20-8-6-11(14(20)23)19-15(24)18-7-5-12(21)22;1-2(3)4/h1-4,11H,5-8H2,(H3,16,17)(H,21,22)(H2,18,19,24);1H3,(H,3,4). The fourth-order valence-electron chi connectivity index (χ4n) is 2.38. The maximum Gasteiger partial charge on any atom is 0.315 e. The van der Waals surface area contributed by atoms with Crippen LogP contribution < -0.4 is 21.3 Å². The number of anilines is 1. The topological polar surface area (TPSA) is 186 Å². The van der Waals surface area contributed by atoms with Gasteiger partial charge in [0.1, 0.15) is 11.9 Å². The van der Waals surface area contributed by atoms with Crippen LogP contribution in [0.4, 0.5) is 10.5 Å². The summed E-state index contributed by atoms with van der Waals surface area (Å²) in [7, 11) is 0.